The fraction of sp³-hybridized carbons (Fsp3) is 0.385. The zero-order chi connectivity index (χ0) is 15.0. The lowest BCUT2D eigenvalue weighted by atomic mass is 10.2. The number of carbonyl (C=O) groups excluding carboxylic acids is 1. The molecule has 3 heterocycles. The second kappa shape index (κ2) is 5.36. The van der Waals surface area contributed by atoms with Gasteiger partial charge in [0.2, 0.25) is 0 Å². The Hall–Kier alpha value is -2.09. The number of hydrogen-bond acceptors (Lipinski definition) is 6. The van der Waals surface area contributed by atoms with Crippen molar-refractivity contribution in [3.8, 4) is 0 Å². The van der Waals surface area contributed by atoms with E-state index in [0.717, 1.165) is 5.75 Å². The van der Waals surface area contributed by atoms with E-state index in [0.29, 0.717) is 23.2 Å². The van der Waals surface area contributed by atoms with Gasteiger partial charge in [-0.15, -0.1) is 0 Å². The summed E-state index contributed by atoms with van der Waals surface area (Å²) in [5.74, 6) is 1.14. The molecule has 1 amide bonds. The van der Waals surface area contributed by atoms with Crippen LogP contribution in [0.5, 0.6) is 0 Å². The predicted molar refractivity (Wildman–Crippen MR) is 76.3 cm³/mol. The van der Waals surface area contributed by atoms with Gasteiger partial charge in [0.1, 0.15) is 17.0 Å². The van der Waals surface area contributed by atoms with Crippen LogP contribution in [-0.2, 0) is 13.1 Å². The second-order valence-corrected chi connectivity index (χ2v) is 5.91. The molecule has 0 aromatic carbocycles. The Morgan fingerprint density at radius 3 is 3.10 bits per heavy atom. The number of nitrogens with zero attached hydrogens (tertiary/aromatic N) is 4. The van der Waals surface area contributed by atoms with Crippen LogP contribution in [0.4, 0.5) is 0 Å². The van der Waals surface area contributed by atoms with Gasteiger partial charge in [0.15, 0.2) is 5.16 Å². The summed E-state index contributed by atoms with van der Waals surface area (Å²) >= 11 is 1.52. The first-order chi connectivity index (χ1) is 10.1. The molecule has 21 heavy (non-hydrogen) atoms. The average molecular weight is 306 g/mol. The molecule has 7 nitrogen and oxygen atoms in total. The molecule has 0 unspecified atom stereocenters. The maximum atomic E-state index is 12.4. The SMILES string of the molecule is Cc1cc(CN(C)C(=O)c2cnc3n(c2=O)CCS3)no1. The number of amides is 1. The number of rotatable bonds is 3. The van der Waals surface area contributed by atoms with Crippen LogP contribution in [0.3, 0.4) is 0 Å². The smallest absolute Gasteiger partial charge is 0.267 e. The van der Waals surface area contributed by atoms with Crippen LogP contribution in [0.1, 0.15) is 21.8 Å². The normalized spacial score (nSPS) is 13.2. The van der Waals surface area contributed by atoms with E-state index in [1.54, 1.807) is 24.6 Å². The van der Waals surface area contributed by atoms with E-state index in [2.05, 4.69) is 10.1 Å². The zero-order valence-electron chi connectivity index (χ0n) is 11.7. The van der Waals surface area contributed by atoms with E-state index in [4.69, 9.17) is 4.52 Å². The van der Waals surface area contributed by atoms with Gasteiger partial charge in [0.05, 0.1) is 6.54 Å². The van der Waals surface area contributed by atoms with Crippen LogP contribution in [0.15, 0.2) is 26.7 Å². The van der Waals surface area contributed by atoms with Crippen molar-refractivity contribution in [1.82, 2.24) is 19.6 Å². The van der Waals surface area contributed by atoms with Crippen LogP contribution in [0.2, 0.25) is 0 Å². The fourth-order valence-corrected chi connectivity index (χ4v) is 3.09. The van der Waals surface area contributed by atoms with Gasteiger partial charge >= 0.3 is 0 Å². The van der Waals surface area contributed by atoms with Crippen molar-refractivity contribution < 1.29 is 9.32 Å². The summed E-state index contributed by atoms with van der Waals surface area (Å²) in [6, 6.07) is 1.76. The Bertz CT molecular complexity index is 752. The Labute approximate surface area is 124 Å². The lowest BCUT2D eigenvalue weighted by Gasteiger charge is -2.15. The minimum atomic E-state index is -0.361. The third kappa shape index (κ3) is 2.58. The molecule has 0 fully saturated rings. The Balaban J connectivity index is 1.83. The lowest BCUT2D eigenvalue weighted by molar-refractivity contribution is 0.0778. The first kappa shape index (κ1) is 13.9. The molecule has 1 aliphatic rings. The zero-order valence-corrected chi connectivity index (χ0v) is 12.5. The fourth-order valence-electron chi connectivity index (χ4n) is 2.18. The summed E-state index contributed by atoms with van der Waals surface area (Å²) in [4.78, 5) is 30.3. The Morgan fingerprint density at radius 1 is 1.57 bits per heavy atom. The van der Waals surface area contributed by atoms with Crippen LogP contribution in [0, 0.1) is 6.92 Å². The van der Waals surface area contributed by atoms with Crippen molar-refractivity contribution in [1.29, 1.82) is 0 Å². The van der Waals surface area contributed by atoms with Gasteiger partial charge in [-0.2, -0.15) is 0 Å². The summed E-state index contributed by atoms with van der Waals surface area (Å²) in [6.07, 6.45) is 1.36. The first-order valence-corrected chi connectivity index (χ1v) is 7.45. The molecule has 0 saturated heterocycles. The van der Waals surface area contributed by atoms with Crippen molar-refractivity contribution in [2.45, 2.75) is 25.2 Å². The standard InChI is InChI=1S/C13H14N4O3S/c1-8-5-9(15-20-8)7-16(2)11(18)10-6-14-13-17(12(10)19)3-4-21-13/h5-6H,3-4,7H2,1-2H3. The van der Waals surface area contributed by atoms with Crippen LogP contribution in [-0.4, -0.2) is 38.3 Å². The number of aromatic nitrogens is 3. The van der Waals surface area contributed by atoms with Gasteiger partial charge in [-0.3, -0.25) is 14.2 Å². The molecule has 0 atom stereocenters. The van der Waals surface area contributed by atoms with Crippen LogP contribution >= 0.6 is 11.8 Å². The van der Waals surface area contributed by atoms with Crippen LogP contribution < -0.4 is 5.56 Å². The maximum Gasteiger partial charge on any atom is 0.267 e. The third-order valence-electron chi connectivity index (χ3n) is 3.21. The minimum absolute atomic E-state index is 0.0870. The van der Waals surface area contributed by atoms with Gasteiger partial charge in [-0.25, -0.2) is 4.98 Å². The molecular weight excluding hydrogens is 292 g/mol. The summed E-state index contributed by atoms with van der Waals surface area (Å²) in [6.45, 7) is 2.66. The highest BCUT2D eigenvalue weighted by molar-refractivity contribution is 7.99. The Kier molecular flexibility index (Phi) is 3.54. The lowest BCUT2D eigenvalue weighted by Crippen LogP contribution is -2.34. The van der Waals surface area contributed by atoms with Crippen molar-refractivity contribution in [3.63, 3.8) is 0 Å². The van der Waals surface area contributed by atoms with E-state index < -0.39 is 0 Å². The number of fused-ring (bicyclic) bond motifs is 1. The van der Waals surface area contributed by atoms with Crippen molar-refractivity contribution in [2.24, 2.45) is 0 Å². The molecule has 1 aliphatic heterocycles. The molecule has 0 spiro atoms. The molecule has 2 aromatic heterocycles. The largest absolute Gasteiger partial charge is 0.361 e. The molecule has 3 rings (SSSR count). The summed E-state index contributed by atoms with van der Waals surface area (Å²) in [7, 11) is 1.62. The van der Waals surface area contributed by atoms with Gasteiger partial charge in [-0.05, 0) is 6.92 Å². The molecule has 110 valence electrons. The third-order valence-corrected chi connectivity index (χ3v) is 4.18. The van der Waals surface area contributed by atoms with Crippen LogP contribution in [0.25, 0.3) is 0 Å². The van der Waals surface area contributed by atoms with Gasteiger partial charge < -0.3 is 9.42 Å². The molecule has 0 bridgehead atoms. The number of carbonyl (C=O) groups is 1. The molecule has 0 saturated carbocycles. The van der Waals surface area contributed by atoms with E-state index in [1.165, 1.54) is 22.9 Å². The topological polar surface area (TPSA) is 81.2 Å². The van der Waals surface area contributed by atoms with Crippen molar-refractivity contribution in [2.75, 3.05) is 12.8 Å². The molecule has 0 radical (unpaired) electrons. The van der Waals surface area contributed by atoms with E-state index in [1.807, 2.05) is 0 Å². The second-order valence-electron chi connectivity index (χ2n) is 4.85. The molecular formula is C13H14N4O3S. The van der Waals surface area contributed by atoms with Gasteiger partial charge in [-0.1, -0.05) is 16.9 Å². The first-order valence-electron chi connectivity index (χ1n) is 6.46. The maximum absolute atomic E-state index is 12.4. The predicted octanol–water partition coefficient (Wildman–Crippen LogP) is 0.918. The highest BCUT2D eigenvalue weighted by Crippen LogP contribution is 2.20. The average Bonchev–Trinajstić information content (AvgIpc) is 3.08. The van der Waals surface area contributed by atoms with E-state index >= 15 is 0 Å². The number of thioether (sulfide) groups is 1. The summed E-state index contributed by atoms with van der Waals surface area (Å²) in [5.41, 5.74) is 0.454. The molecule has 0 N–H and O–H groups in total. The molecule has 2 aromatic rings. The summed E-state index contributed by atoms with van der Waals surface area (Å²) in [5, 5.41) is 4.51. The van der Waals surface area contributed by atoms with Gasteiger partial charge in [0.25, 0.3) is 11.5 Å². The number of aryl methyl sites for hydroxylation is 1. The molecule has 0 aliphatic carbocycles. The monoisotopic (exact) mass is 306 g/mol. The number of hydrogen-bond donors (Lipinski definition) is 0. The van der Waals surface area contributed by atoms with E-state index in [-0.39, 0.29) is 23.6 Å². The van der Waals surface area contributed by atoms with Gasteiger partial charge in [0, 0.05) is 31.6 Å². The highest BCUT2D eigenvalue weighted by atomic mass is 32.2. The molecule has 8 heteroatoms. The highest BCUT2D eigenvalue weighted by Gasteiger charge is 2.22. The van der Waals surface area contributed by atoms with Crippen molar-refractivity contribution >= 4 is 17.7 Å². The van der Waals surface area contributed by atoms with E-state index in [9.17, 15) is 9.59 Å². The minimum Gasteiger partial charge on any atom is -0.361 e. The quantitative estimate of drug-likeness (QED) is 0.784. The Morgan fingerprint density at radius 2 is 2.38 bits per heavy atom. The summed E-state index contributed by atoms with van der Waals surface area (Å²) < 4.78 is 6.51. The van der Waals surface area contributed by atoms with Crippen molar-refractivity contribution in [3.05, 3.63) is 39.6 Å².